The van der Waals surface area contributed by atoms with Crippen molar-refractivity contribution in [3.63, 3.8) is 0 Å². The number of carbonyl (C=O) groups is 1. The van der Waals surface area contributed by atoms with E-state index in [9.17, 15) is 14.0 Å². The number of aromatic amines is 1. The molecule has 0 saturated heterocycles. The second-order valence-corrected chi connectivity index (χ2v) is 8.21. The molecule has 0 saturated carbocycles. The van der Waals surface area contributed by atoms with Gasteiger partial charge in [-0.15, -0.1) is 11.8 Å². The van der Waals surface area contributed by atoms with Crippen LogP contribution in [0.3, 0.4) is 0 Å². The molecule has 0 aliphatic carbocycles. The number of amides is 1. The third kappa shape index (κ3) is 5.42. The molecule has 0 unspecified atom stereocenters. The molecule has 0 spiro atoms. The zero-order chi connectivity index (χ0) is 19.3. The Labute approximate surface area is 156 Å². The molecule has 1 aromatic heterocycles. The van der Waals surface area contributed by atoms with Crippen molar-refractivity contribution in [1.82, 2.24) is 15.3 Å². The van der Waals surface area contributed by atoms with Gasteiger partial charge in [-0.25, -0.2) is 9.37 Å². The maximum Gasteiger partial charge on any atom is 0.264 e. The summed E-state index contributed by atoms with van der Waals surface area (Å²) in [5.41, 5.74) is -0.224. The number of hydrogen-bond acceptors (Lipinski definition) is 4. The molecule has 0 aliphatic heterocycles. The van der Waals surface area contributed by atoms with Gasteiger partial charge in [-0.3, -0.25) is 9.59 Å². The molecule has 2 N–H and O–H groups in total. The van der Waals surface area contributed by atoms with E-state index in [1.807, 2.05) is 20.8 Å². The molecule has 140 valence electrons. The minimum Gasteiger partial charge on any atom is -0.352 e. The molecular weight excluding hydrogens is 353 g/mol. The summed E-state index contributed by atoms with van der Waals surface area (Å²) in [6, 6.07) is 6.30. The molecule has 2 aromatic rings. The van der Waals surface area contributed by atoms with Gasteiger partial charge in [0.15, 0.2) is 0 Å². The van der Waals surface area contributed by atoms with Crippen LogP contribution in [0.25, 0.3) is 0 Å². The number of nitrogens with one attached hydrogen (secondary N) is 2. The fraction of sp³-hybridized carbons (Fsp3) is 0.421. The number of aromatic nitrogens is 2. The van der Waals surface area contributed by atoms with Crippen LogP contribution in [-0.2, 0) is 5.41 Å². The van der Waals surface area contributed by atoms with Crippen molar-refractivity contribution in [2.75, 3.05) is 12.3 Å². The van der Waals surface area contributed by atoms with E-state index < -0.39 is 11.5 Å². The minimum absolute atomic E-state index is 0.0594. The van der Waals surface area contributed by atoms with Crippen LogP contribution in [0.4, 0.5) is 4.39 Å². The normalized spacial score (nSPS) is 11.4. The standard InChI is InChI=1S/C19H24FN3O2S/c1-12-15(17(25)23-18(22-12)19(2,3)4)16(24)21-10-5-11-26-14-8-6-13(20)7-9-14/h6-9H,5,10-11H2,1-4H3,(H,21,24)(H,22,23,25). The first-order valence-corrected chi connectivity index (χ1v) is 9.45. The van der Waals surface area contributed by atoms with E-state index >= 15 is 0 Å². The van der Waals surface area contributed by atoms with Crippen LogP contribution in [0.15, 0.2) is 34.0 Å². The van der Waals surface area contributed by atoms with Gasteiger partial charge in [0.2, 0.25) is 0 Å². The van der Waals surface area contributed by atoms with Crippen molar-refractivity contribution in [2.45, 2.75) is 44.4 Å². The van der Waals surface area contributed by atoms with Crippen LogP contribution in [0.2, 0.25) is 0 Å². The first-order valence-electron chi connectivity index (χ1n) is 8.46. The molecule has 5 nitrogen and oxygen atoms in total. The Morgan fingerprint density at radius 3 is 2.50 bits per heavy atom. The van der Waals surface area contributed by atoms with Crippen LogP contribution in [0.1, 0.15) is 49.1 Å². The lowest BCUT2D eigenvalue weighted by Crippen LogP contribution is -2.34. The Kier molecular flexibility index (Phi) is 6.58. The quantitative estimate of drug-likeness (QED) is 0.597. The van der Waals surface area contributed by atoms with Crippen molar-refractivity contribution in [2.24, 2.45) is 0 Å². The Morgan fingerprint density at radius 1 is 1.27 bits per heavy atom. The zero-order valence-electron chi connectivity index (χ0n) is 15.5. The second-order valence-electron chi connectivity index (χ2n) is 7.04. The van der Waals surface area contributed by atoms with Gasteiger partial charge < -0.3 is 10.3 Å². The molecule has 1 amide bonds. The van der Waals surface area contributed by atoms with E-state index in [2.05, 4.69) is 15.3 Å². The van der Waals surface area contributed by atoms with E-state index in [0.717, 1.165) is 17.1 Å². The van der Waals surface area contributed by atoms with Gasteiger partial charge in [-0.05, 0) is 43.4 Å². The maximum absolute atomic E-state index is 12.8. The predicted molar refractivity (Wildman–Crippen MR) is 102 cm³/mol. The molecule has 0 fully saturated rings. The fourth-order valence-corrected chi connectivity index (χ4v) is 3.14. The van der Waals surface area contributed by atoms with Crippen LogP contribution < -0.4 is 10.9 Å². The molecule has 1 aromatic carbocycles. The van der Waals surface area contributed by atoms with Gasteiger partial charge in [0, 0.05) is 16.9 Å². The molecule has 26 heavy (non-hydrogen) atoms. The summed E-state index contributed by atoms with van der Waals surface area (Å²) in [5.74, 6) is 0.673. The topological polar surface area (TPSA) is 74.8 Å². The number of benzene rings is 1. The van der Waals surface area contributed by atoms with Gasteiger partial charge in [0.25, 0.3) is 11.5 Å². The van der Waals surface area contributed by atoms with Gasteiger partial charge >= 0.3 is 0 Å². The fourth-order valence-electron chi connectivity index (χ4n) is 2.29. The lowest BCUT2D eigenvalue weighted by atomic mass is 9.95. The van der Waals surface area contributed by atoms with Crippen LogP contribution in [0, 0.1) is 12.7 Å². The number of rotatable bonds is 6. The molecule has 0 radical (unpaired) electrons. The third-order valence-corrected chi connectivity index (χ3v) is 4.83. The molecule has 7 heteroatoms. The summed E-state index contributed by atoms with van der Waals surface area (Å²) in [7, 11) is 0. The zero-order valence-corrected chi connectivity index (χ0v) is 16.3. The summed E-state index contributed by atoms with van der Waals surface area (Å²) < 4.78 is 12.8. The van der Waals surface area contributed by atoms with Gasteiger partial charge in [-0.2, -0.15) is 0 Å². The van der Waals surface area contributed by atoms with Crippen molar-refractivity contribution in [1.29, 1.82) is 0 Å². The number of nitrogens with zero attached hydrogens (tertiary/aromatic N) is 1. The predicted octanol–water partition coefficient (Wildman–Crippen LogP) is 3.43. The van der Waals surface area contributed by atoms with Gasteiger partial charge in [0.1, 0.15) is 17.2 Å². The summed E-state index contributed by atoms with van der Waals surface area (Å²) in [6.07, 6.45) is 0.734. The SMILES string of the molecule is Cc1nc(C(C)(C)C)[nH]c(=O)c1C(=O)NCCCSc1ccc(F)cc1. The largest absolute Gasteiger partial charge is 0.352 e. The Morgan fingerprint density at radius 2 is 1.92 bits per heavy atom. The van der Waals surface area contributed by atoms with Crippen molar-refractivity contribution in [3.8, 4) is 0 Å². The number of carbonyl (C=O) groups excluding carboxylic acids is 1. The van der Waals surface area contributed by atoms with E-state index in [1.54, 1.807) is 30.8 Å². The summed E-state index contributed by atoms with van der Waals surface area (Å²) >= 11 is 1.59. The van der Waals surface area contributed by atoms with Crippen molar-refractivity contribution >= 4 is 17.7 Å². The highest BCUT2D eigenvalue weighted by Gasteiger charge is 2.21. The second kappa shape index (κ2) is 8.49. The molecule has 0 bridgehead atoms. The summed E-state index contributed by atoms with van der Waals surface area (Å²) in [5, 5.41) is 2.76. The average Bonchev–Trinajstić information content (AvgIpc) is 2.54. The molecule has 2 rings (SSSR count). The number of halogens is 1. The van der Waals surface area contributed by atoms with E-state index in [4.69, 9.17) is 0 Å². The first kappa shape index (κ1) is 20.2. The van der Waals surface area contributed by atoms with E-state index in [-0.39, 0.29) is 16.8 Å². The highest BCUT2D eigenvalue weighted by atomic mass is 32.2. The Balaban J connectivity index is 1.88. The Hall–Kier alpha value is -2.15. The summed E-state index contributed by atoms with van der Waals surface area (Å²) in [4.78, 5) is 32.6. The van der Waals surface area contributed by atoms with Gasteiger partial charge in [0.05, 0.1) is 5.69 Å². The molecular formula is C19H24FN3O2S. The van der Waals surface area contributed by atoms with E-state index in [1.165, 1.54) is 12.1 Å². The minimum atomic E-state index is -0.416. The number of thioether (sulfide) groups is 1. The highest BCUT2D eigenvalue weighted by molar-refractivity contribution is 7.99. The number of hydrogen-bond donors (Lipinski definition) is 2. The van der Waals surface area contributed by atoms with E-state index in [0.29, 0.717) is 18.1 Å². The van der Waals surface area contributed by atoms with Crippen LogP contribution >= 0.6 is 11.8 Å². The Bertz CT molecular complexity index is 826. The van der Waals surface area contributed by atoms with Crippen LogP contribution in [0.5, 0.6) is 0 Å². The monoisotopic (exact) mass is 377 g/mol. The lowest BCUT2D eigenvalue weighted by Gasteiger charge is -2.18. The highest BCUT2D eigenvalue weighted by Crippen LogP contribution is 2.19. The van der Waals surface area contributed by atoms with Gasteiger partial charge in [-0.1, -0.05) is 20.8 Å². The number of H-pyrrole nitrogens is 1. The molecule has 0 aliphatic rings. The summed E-state index contributed by atoms with van der Waals surface area (Å²) in [6.45, 7) is 7.96. The van der Waals surface area contributed by atoms with Crippen LogP contribution in [-0.4, -0.2) is 28.2 Å². The van der Waals surface area contributed by atoms with Crippen molar-refractivity contribution in [3.05, 3.63) is 57.5 Å². The molecule has 0 atom stereocenters. The molecule has 1 heterocycles. The first-order chi connectivity index (χ1) is 12.2. The number of aryl methyl sites for hydroxylation is 1. The average molecular weight is 377 g/mol. The smallest absolute Gasteiger partial charge is 0.264 e. The maximum atomic E-state index is 12.8. The third-order valence-electron chi connectivity index (χ3n) is 3.73. The lowest BCUT2D eigenvalue weighted by molar-refractivity contribution is 0.0951. The van der Waals surface area contributed by atoms with Crippen molar-refractivity contribution < 1.29 is 9.18 Å².